The molecule has 0 saturated carbocycles. The van der Waals surface area contributed by atoms with Crippen molar-refractivity contribution < 1.29 is 41.4 Å². The van der Waals surface area contributed by atoms with E-state index in [1.807, 2.05) is 0 Å². The van der Waals surface area contributed by atoms with Gasteiger partial charge < -0.3 is 19.5 Å². The van der Waals surface area contributed by atoms with E-state index < -0.39 is 56.0 Å². The molecule has 1 atom stereocenters. The Morgan fingerprint density at radius 3 is 2.07 bits per heavy atom. The lowest BCUT2D eigenvalue weighted by molar-refractivity contribution is 0.0429. The molecule has 1 aliphatic heterocycles. The molecule has 0 spiro atoms. The number of sulfone groups is 1. The number of carbonyl (C=O) groups is 3. The fourth-order valence-corrected chi connectivity index (χ4v) is 7.65. The Hall–Kier alpha value is -5.32. The predicted molar refractivity (Wildman–Crippen MR) is 202 cm³/mol. The van der Waals surface area contributed by atoms with E-state index in [0.717, 1.165) is 0 Å². The molecule has 54 heavy (non-hydrogen) atoms. The van der Waals surface area contributed by atoms with Gasteiger partial charge in [0.25, 0.3) is 0 Å². The topological polar surface area (TPSA) is 184 Å². The molecule has 5 rings (SSSR count). The van der Waals surface area contributed by atoms with Crippen LogP contribution in [0.3, 0.4) is 0 Å². The zero-order chi connectivity index (χ0) is 40.1. The minimum Gasteiger partial charge on any atom is -0.444 e. The second-order valence-electron chi connectivity index (χ2n) is 15.9. The molecule has 1 aromatic carbocycles. The minimum absolute atomic E-state index is 0.0190. The van der Waals surface area contributed by atoms with Gasteiger partial charge in [0.2, 0.25) is 0 Å². The smallest absolute Gasteiger partial charge is 0.424 e. The highest BCUT2D eigenvalue weighted by atomic mass is 32.2. The fraction of sp³-hybridized carbons (Fsp3) is 0.459. The molecule has 15 nitrogen and oxygen atoms in total. The van der Waals surface area contributed by atoms with Gasteiger partial charge in [0.05, 0.1) is 23.3 Å². The Morgan fingerprint density at radius 2 is 1.50 bits per heavy atom. The van der Waals surface area contributed by atoms with E-state index >= 15 is 4.39 Å². The van der Waals surface area contributed by atoms with Crippen LogP contribution in [0.15, 0.2) is 36.8 Å². The average Bonchev–Trinajstić information content (AvgIpc) is 3.48. The number of carbonyl (C=O) groups excluding carboxylic acids is 3. The molecule has 0 radical (unpaired) electrons. The van der Waals surface area contributed by atoms with E-state index in [9.17, 15) is 22.8 Å². The van der Waals surface area contributed by atoms with Gasteiger partial charge in [-0.3, -0.25) is 15.0 Å². The van der Waals surface area contributed by atoms with Crippen LogP contribution in [0.1, 0.15) is 92.2 Å². The molecule has 1 unspecified atom stereocenters. The second kappa shape index (κ2) is 14.2. The van der Waals surface area contributed by atoms with Crippen molar-refractivity contribution in [1.82, 2.24) is 19.7 Å². The summed E-state index contributed by atoms with van der Waals surface area (Å²) in [6, 6.07) is 4.78. The summed E-state index contributed by atoms with van der Waals surface area (Å²) >= 11 is 0. The molecule has 0 fully saturated rings. The lowest BCUT2D eigenvalue weighted by Crippen LogP contribution is -2.44. The zero-order valence-electron chi connectivity index (χ0n) is 32.2. The first-order valence-corrected chi connectivity index (χ1v) is 19.0. The third-order valence-electron chi connectivity index (χ3n) is 7.96. The Balaban J connectivity index is 1.65. The van der Waals surface area contributed by atoms with Crippen molar-refractivity contribution in [3.8, 4) is 11.1 Å². The Morgan fingerprint density at radius 1 is 0.889 bits per heavy atom. The van der Waals surface area contributed by atoms with Crippen LogP contribution in [0.5, 0.6) is 0 Å². The van der Waals surface area contributed by atoms with Crippen molar-refractivity contribution in [2.24, 2.45) is 0 Å². The Kier molecular flexibility index (Phi) is 10.5. The summed E-state index contributed by atoms with van der Waals surface area (Å²) in [4.78, 5) is 49.5. The summed E-state index contributed by atoms with van der Waals surface area (Å²) in [7, 11) is -3.35. The standard InChI is InChI=1S/C37H46FN7O8S/c1-12-27-25-15-29(43-44(25)19-54(27,49)50)41-28-14-21-13-22(30(38)31(24(21)17-40-28)42-32(46)51-35(3,4)5)23-16-39-18-26(20(23)2)45(33(47)52-36(6,7)8)34(48)53-37(9,10)11/h13-18,27H,12,19H2,1-11H3,(H,42,46)(H,40,41,43). The highest BCUT2D eigenvalue weighted by Crippen LogP contribution is 2.40. The Labute approximate surface area is 313 Å². The van der Waals surface area contributed by atoms with E-state index in [1.165, 1.54) is 29.3 Å². The number of fused-ring (bicyclic) bond motifs is 2. The molecule has 0 saturated heterocycles. The minimum atomic E-state index is -3.35. The van der Waals surface area contributed by atoms with E-state index in [4.69, 9.17) is 14.2 Å². The largest absolute Gasteiger partial charge is 0.444 e. The van der Waals surface area contributed by atoms with Crippen molar-refractivity contribution in [1.29, 1.82) is 0 Å². The molecule has 0 aliphatic carbocycles. The van der Waals surface area contributed by atoms with E-state index in [-0.39, 0.29) is 39.3 Å². The van der Waals surface area contributed by atoms with Gasteiger partial charge in [0, 0.05) is 35.0 Å². The van der Waals surface area contributed by atoms with Crippen LogP contribution < -0.4 is 15.5 Å². The lowest BCUT2D eigenvalue weighted by Gasteiger charge is -2.29. The summed E-state index contributed by atoms with van der Waals surface area (Å²) in [5.74, 6) is -0.449. The van der Waals surface area contributed by atoms with Gasteiger partial charge in [0.15, 0.2) is 21.5 Å². The molecule has 1 aliphatic rings. The number of amides is 3. The van der Waals surface area contributed by atoms with Gasteiger partial charge in [-0.15, -0.1) is 0 Å². The van der Waals surface area contributed by atoms with Crippen LogP contribution in [0, 0.1) is 12.7 Å². The maximum Gasteiger partial charge on any atom is 0.424 e. The van der Waals surface area contributed by atoms with Gasteiger partial charge in [-0.05, 0) is 98.7 Å². The highest BCUT2D eigenvalue weighted by molar-refractivity contribution is 7.90. The van der Waals surface area contributed by atoms with Gasteiger partial charge in [-0.1, -0.05) is 6.92 Å². The molecular formula is C37H46FN7O8S. The SMILES string of the molecule is CCC1c2cc(Nc3cc4cc(-c5cncc(N(C(=O)OC(C)(C)C)C(=O)OC(C)(C)C)c5C)c(F)c(NC(=O)OC(C)(C)C)c4cn3)nn2CS1(=O)=O. The average molecular weight is 768 g/mol. The third kappa shape index (κ3) is 8.72. The molecule has 0 bridgehead atoms. The summed E-state index contributed by atoms with van der Waals surface area (Å²) < 4.78 is 59.9. The van der Waals surface area contributed by atoms with Crippen LogP contribution in [-0.2, 0) is 29.9 Å². The summed E-state index contributed by atoms with van der Waals surface area (Å²) in [6.07, 6.45) is 1.43. The molecule has 17 heteroatoms. The Bertz CT molecular complexity index is 2220. The van der Waals surface area contributed by atoms with Crippen molar-refractivity contribution in [2.45, 2.75) is 111 Å². The number of hydrogen-bond donors (Lipinski definition) is 2. The van der Waals surface area contributed by atoms with Gasteiger partial charge in [-0.2, -0.15) is 10.00 Å². The third-order valence-corrected chi connectivity index (χ3v) is 10.0. The molecule has 4 heterocycles. The van der Waals surface area contributed by atoms with E-state index in [1.54, 1.807) is 88.3 Å². The molecule has 3 aromatic heterocycles. The number of nitrogens with zero attached hydrogens (tertiary/aromatic N) is 5. The number of halogens is 1. The first-order chi connectivity index (χ1) is 24.9. The number of ether oxygens (including phenoxy) is 3. The number of rotatable bonds is 6. The highest BCUT2D eigenvalue weighted by Gasteiger charge is 2.38. The van der Waals surface area contributed by atoms with Crippen molar-refractivity contribution >= 4 is 61.9 Å². The number of hydrogen-bond acceptors (Lipinski definition) is 12. The first-order valence-electron chi connectivity index (χ1n) is 17.3. The van der Waals surface area contributed by atoms with E-state index in [2.05, 4.69) is 25.7 Å². The van der Waals surface area contributed by atoms with Crippen molar-refractivity contribution in [3.63, 3.8) is 0 Å². The normalized spacial score (nSPS) is 15.4. The van der Waals surface area contributed by atoms with Gasteiger partial charge >= 0.3 is 18.3 Å². The summed E-state index contributed by atoms with van der Waals surface area (Å²) in [6.45, 7) is 18.3. The molecule has 2 N–H and O–H groups in total. The van der Waals surface area contributed by atoms with Gasteiger partial charge in [0.1, 0.15) is 33.7 Å². The maximum atomic E-state index is 16.8. The maximum absolute atomic E-state index is 16.8. The number of imide groups is 1. The van der Waals surface area contributed by atoms with Crippen LogP contribution >= 0.6 is 0 Å². The van der Waals surface area contributed by atoms with Crippen LogP contribution in [-0.4, -0.2) is 63.2 Å². The molecule has 4 aromatic rings. The summed E-state index contributed by atoms with van der Waals surface area (Å²) in [5.41, 5.74) is -2.14. The van der Waals surface area contributed by atoms with Crippen LogP contribution in [0.2, 0.25) is 0 Å². The molecule has 290 valence electrons. The lowest BCUT2D eigenvalue weighted by atomic mass is 9.97. The number of anilines is 4. The predicted octanol–water partition coefficient (Wildman–Crippen LogP) is 8.55. The zero-order valence-corrected chi connectivity index (χ0v) is 33.1. The van der Waals surface area contributed by atoms with E-state index in [0.29, 0.717) is 34.0 Å². The quantitative estimate of drug-likeness (QED) is 0.179. The van der Waals surface area contributed by atoms with Gasteiger partial charge in [-0.25, -0.2) is 32.2 Å². The monoisotopic (exact) mass is 767 g/mol. The van der Waals surface area contributed by atoms with Crippen LogP contribution in [0.25, 0.3) is 21.9 Å². The number of benzene rings is 1. The van der Waals surface area contributed by atoms with Crippen molar-refractivity contribution in [3.05, 3.63) is 53.9 Å². The molecular weight excluding hydrogens is 722 g/mol. The van der Waals surface area contributed by atoms with Crippen molar-refractivity contribution in [2.75, 3.05) is 15.5 Å². The number of pyridine rings is 2. The van der Waals surface area contributed by atoms with Crippen LogP contribution in [0.4, 0.5) is 41.8 Å². The fourth-order valence-electron chi connectivity index (χ4n) is 5.85. The second-order valence-corrected chi connectivity index (χ2v) is 18.1. The first kappa shape index (κ1) is 39.9. The number of nitrogens with one attached hydrogen (secondary N) is 2. The summed E-state index contributed by atoms with van der Waals surface area (Å²) in [5, 5.41) is 9.99. The molecule has 3 amide bonds. The number of aromatic nitrogens is 4.